The summed E-state index contributed by atoms with van der Waals surface area (Å²) in [5.74, 6) is 0. The Morgan fingerprint density at radius 2 is 2.15 bits per heavy atom. The second-order valence-electron chi connectivity index (χ2n) is 4.55. The molecule has 2 rings (SSSR count). The second kappa shape index (κ2) is 7.15. The van der Waals surface area contributed by atoms with E-state index in [0.29, 0.717) is 12.2 Å². The Kier molecular flexibility index (Phi) is 5.76. The van der Waals surface area contributed by atoms with Crippen LogP contribution in [-0.2, 0) is 14.8 Å². The molecule has 1 aromatic heterocycles. The molecule has 0 atom stereocenters. The van der Waals surface area contributed by atoms with Gasteiger partial charge in [0.25, 0.3) is 10.0 Å². The van der Waals surface area contributed by atoms with E-state index in [1.54, 1.807) is 6.92 Å². The van der Waals surface area contributed by atoms with Crippen molar-refractivity contribution >= 4 is 33.0 Å². The number of sulfonamides is 1. The molecule has 0 amide bonds. The van der Waals surface area contributed by atoms with Gasteiger partial charge in [0.05, 0.1) is 18.9 Å². The lowest BCUT2D eigenvalue weighted by Crippen LogP contribution is -2.38. The first-order valence-electron chi connectivity index (χ1n) is 6.42. The zero-order valence-corrected chi connectivity index (χ0v) is 13.7. The van der Waals surface area contributed by atoms with Crippen LogP contribution in [0.15, 0.2) is 4.21 Å². The van der Waals surface area contributed by atoms with Crippen LogP contribution in [0.5, 0.6) is 0 Å². The Labute approximate surface area is 128 Å². The van der Waals surface area contributed by atoms with Gasteiger partial charge in [0.1, 0.15) is 0 Å². The van der Waals surface area contributed by atoms with Gasteiger partial charge in [-0.2, -0.15) is 0 Å². The monoisotopic (exact) mass is 339 g/mol. The Morgan fingerprint density at radius 3 is 2.75 bits per heavy atom. The van der Waals surface area contributed by atoms with E-state index in [-0.39, 0.29) is 8.68 Å². The maximum absolute atomic E-state index is 12.1. The fourth-order valence-corrected chi connectivity index (χ4v) is 4.85. The van der Waals surface area contributed by atoms with Crippen molar-refractivity contribution in [2.24, 2.45) is 0 Å². The van der Waals surface area contributed by atoms with Gasteiger partial charge in [0.2, 0.25) is 0 Å². The van der Waals surface area contributed by atoms with Crippen LogP contribution in [0.3, 0.4) is 0 Å². The standard InChI is InChI=1S/C11H18ClN3O3S2/c1-9-10(19-11(12)14-9)20(16,17)13-3-2-4-15-5-7-18-8-6-15/h13H,2-8H2,1H3. The molecule has 1 saturated heterocycles. The van der Waals surface area contributed by atoms with Gasteiger partial charge in [0.15, 0.2) is 8.68 Å². The number of nitrogens with one attached hydrogen (secondary N) is 1. The number of morpholine rings is 1. The Bertz CT molecular complexity index is 541. The Morgan fingerprint density at radius 1 is 1.45 bits per heavy atom. The minimum absolute atomic E-state index is 0.203. The number of nitrogens with zero attached hydrogens (tertiary/aromatic N) is 2. The quantitative estimate of drug-likeness (QED) is 0.786. The van der Waals surface area contributed by atoms with Crippen molar-refractivity contribution in [3.8, 4) is 0 Å². The van der Waals surface area contributed by atoms with Crippen molar-refractivity contribution in [1.82, 2.24) is 14.6 Å². The summed E-state index contributed by atoms with van der Waals surface area (Å²) in [5, 5.41) is 0. The highest BCUT2D eigenvalue weighted by Gasteiger charge is 2.21. The molecule has 0 aliphatic carbocycles. The third kappa shape index (κ3) is 4.37. The number of halogens is 1. The third-order valence-corrected chi connectivity index (χ3v) is 6.35. The van der Waals surface area contributed by atoms with E-state index in [4.69, 9.17) is 16.3 Å². The van der Waals surface area contributed by atoms with E-state index in [1.165, 1.54) is 0 Å². The highest BCUT2D eigenvalue weighted by Crippen LogP contribution is 2.26. The summed E-state index contributed by atoms with van der Waals surface area (Å²) < 4.78 is 32.5. The van der Waals surface area contributed by atoms with Crippen LogP contribution in [0.25, 0.3) is 0 Å². The fraction of sp³-hybridized carbons (Fsp3) is 0.727. The first-order valence-corrected chi connectivity index (χ1v) is 9.09. The molecule has 0 saturated carbocycles. The average molecular weight is 340 g/mol. The molecule has 0 bridgehead atoms. The van der Waals surface area contributed by atoms with Crippen LogP contribution in [0.1, 0.15) is 12.1 Å². The maximum Gasteiger partial charge on any atom is 0.251 e. The molecule has 0 aromatic carbocycles. The molecule has 0 unspecified atom stereocenters. The number of hydrogen-bond donors (Lipinski definition) is 1. The first-order chi connectivity index (χ1) is 9.49. The number of aryl methyl sites for hydroxylation is 1. The molecule has 1 aromatic rings. The van der Waals surface area contributed by atoms with E-state index >= 15 is 0 Å². The number of aromatic nitrogens is 1. The molecule has 20 heavy (non-hydrogen) atoms. The summed E-state index contributed by atoms with van der Waals surface area (Å²) in [5.41, 5.74) is 0.445. The summed E-state index contributed by atoms with van der Waals surface area (Å²) in [6.45, 7) is 6.26. The predicted octanol–water partition coefficient (Wildman–Crippen LogP) is 1.11. The van der Waals surface area contributed by atoms with E-state index in [1.807, 2.05) is 0 Å². The summed E-state index contributed by atoms with van der Waals surface area (Å²) in [6.07, 6.45) is 0.769. The highest BCUT2D eigenvalue weighted by molar-refractivity contribution is 7.91. The van der Waals surface area contributed by atoms with Gasteiger partial charge >= 0.3 is 0 Å². The van der Waals surface area contributed by atoms with Crippen LogP contribution in [0.4, 0.5) is 0 Å². The SMILES string of the molecule is Cc1nc(Cl)sc1S(=O)(=O)NCCCN1CCOCC1. The van der Waals surface area contributed by atoms with Gasteiger partial charge in [-0.15, -0.1) is 0 Å². The normalized spacial score (nSPS) is 17.5. The molecule has 0 spiro atoms. The smallest absolute Gasteiger partial charge is 0.251 e. The number of hydrogen-bond acceptors (Lipinski definition) is 6. The van der Waals surface area contributed by atoms with Gasteiger partial charge in [0, 0.05) is 19.6 Å². The molecule has 6 nitrogen and oxygen atoms in total. The van der Waals surface area contributed by atoms with E-state index in [0.717, 1.165) is 50.6 Å². The molecule has 1 fully saturated rings. The molecular weight excluding hydrogens is 322 g/mol. The second-order valence-corrected chi connectivity index (χ2v) is 8.09. The summed E-state index contributed by atoms with van der Waals surface area (Å²) in [6, 6.07) is 0. The van der Waals surface area contributed by atoms with Gasteiger partial charge in [-0.25, -0.2) is 18.1 Å². The van der Waals surface area contributed by atoms with E-state index in [9.17, 15) is 8.42 Å². The largest absolute Gasteiger partial charge is 0.379 e. The maximum atomic E-state index is 12.1. The van der Waals surface area contributed by atoms with Gasteiger partial charge in [-0.1, -0.05) is 22.9 Å². The highest BCUT2D eigenvalue weighted by atomic mass is 35.5. The van der Waals surface area contributed by atoms with E-state index < -0.39 is 10.0 Å². The number of ether oxygens (including phenoxy) is 1. The molecule has 0 radical (unpaired) electrons. The van der Waals surface area contributed by atoms with Crippen LogP contribution in [0, 0.1) is 6.92 Å². The average Bonchev–Trinajstić information content (AvgIpc) is 2.76. The van der Waals surface area contributed by atoms with Crippen molar-refractivity contribution in [1.29, 1.82) is 0 Å². The summed E-state index contributed by atoms with van der Waals surface area (Å²) in [7, 11) is -3.49. The van der Waals surface area contributed by atoms with Crippen molar-refractivity contribution in [3.63, 3.8) is 0 Å². The molecule has 9 heteroatoms. The van der Waals surface area contributed by atoms with Crippen molar-refractivity contribution < 1.29 is 13.2 Å². The molecule has 114 valence electrons. The van der Waals surface area contributed by atoms with Crippen LogP contribution >= 0.6 is 22.9 Å². The third-order valence-electron chi connectivity index (χ3n) is 3.02. The molecular formula is C11H18ClN3O3S2. The van der Waals surface area contributed by atoms with Crippen molar-refractivity contribution in [2.75, 3.05) is 39.4 Å². The topological polar surface area (TPSA) is 71.5 Å². The zero-order valence-electron chi connectivity index (χ0n) is 11.3. The van der Waals surface area contributed by atoms with E-state index in [2.05, 4.69) is 14.6 Å². The molecule has 1 aliphatic heterocycles. The minimum Gasteiger partial charge on any atom is -0.379 e. The molecule has 2 heterocycles. The van der Waals surface area contributed by atoms with Crippen LogP contribution in [0.2, 0.25) is 4.47 Å². The Balaban J connectivity index is 1.79. The van der Waals surface area contributed by atoms with Gasteiger partial charge in [-0.3, -0.25) is 4.90 Å². The zero-order chi connectivity index (χ0) is 14.6. The molecule has 1 aliphatic rings. The molecule has 1 N–H and O–H groups in total. The minimum atomic E-state index is -3.49. The van der Waals surface area contributed by atoms with Crippen molar-refractivity contribution in [3.05, 3.63) is 10.2 Å². The lowest BCUT2D eigenvalue weighted by molar-refractivity contribution is 0.0376. The number of thiazole rings is 1. The first kappa shape index (κ1) is 16.1. The summed E-state index contributed by atoms with van der Waals surface area (Å²) >= 11 is 6.72. The van der Waals surface area contributed by atoms with Crippen LogP contribution in [-0.4, -0.2) is 57.7 Å². The van der Waals surface area contributed by atoms with Gasteiger partial charge < -0.3 is 4.74 Å². The Hall–Kier alpha value is -0.250. The predicted molar refractivity (Wildman–Crippen MR) is 78.9 cm³/mol. The lowest BCUT2D eigenvalue weighted by Gasteiger charge is -2.26. The fourth-order valence-electron chi connectivity index (χ4n) is 2.00. The van der Waals surface area contributed by atoms with Crippen molar-refractivity contribution in [2.45, 2.75) is 17.6 Å². The van der Waals surface area contributed by atoms with Crippen LogP contribution < -0.4 is 4.72 Å². The number of rotatable bonds is 6. The lowest BCUT2D eigenvalue weighted by atomic mass is 10.3. The van der Waals surface area contributed by atoms with Gasteiger partial charge in [-0.05, 0) is 19.9 Å². The summed E-state index contributed by atoms with van der Waals surface area (Å²) in [4.78, 5) is 6.19.